The first-order chi connectivity index (χ1) is 7.25. The van der Waals surface area contributed by atoms with Gasteiger partial charge in [0.2, 0.25) is 0 Å². The summed E-state index contributed by atoms with van der Waals surface area (Å²) in [5.74, 6) is 0.696. The minimum absolute atomic E-state index is 0.610. The lowest BCUT2D eigenvalue weighted by atomic mass is 9.87. The summed E-state index contributed by atoms with van der Waals surface area (Å²) in [4.78, 5) is 7.78. The molecule has 15 heavy (non-hydrogen) atoms. The van der Waals surface area contributed by atoms with Gasteiger partial charge in [0.15, 0.2) is 0 Å². The van der Waals surface area contributed by atoms with Crippen LogP contribution in [0.1, 0.15) is 26.7 Å². The fourth-order valence-electron chi connectivity index (χ4n) is 2.21. The van der Waals surface area contributed by atoms with Gasteiger partial charge in [-0.15, -0.1) is 0 Å². The van der Waals surface area contributed by atoms with Crippen LogP contribution in [0.15, 0.2) is 16.8 Å². The fraction of sp³-hybridized carbons (Fsp3) is 0.750. The van der Waals surface area contributed by atoms with Crippen LogP contribution in [0.2, 0.25) is 0 Å². The zero-order chi connectivity index (χ0) is 10.7. The second-order valence-corrected chi connectivity index (χ2v) is 4.71. The highest BCUT2D eigenvalue weighted by Gasteiger charge is 2.31. The van der Waals surface area contributed by atoms with E-state index in [2.05, 4.69) is 30.0 Å². The number of allylic oxidation sites excluding steroid dienone is 1. The Morgan fingerprint density at radius 2 is 2.20 bits per heavy atom. The van der Waals surface area contributed by atoms with Gasteiger partial charge in [0.1, 0.15) is 6.61 Å². The van der Waals surface area contributed by atoms with E-state index in [4.69, 9.17) is 4.84 Å². The molecule has 3 aliphatic heterocycles. The molecule has 0 saturated carbocycles. The average Bonchev–Trinajstić information content (AvgIpc) is 2.26. The first-order valence-electron chi connectivity index (χ1n) is 5.80. The Bertz CT molecular complexity index is 271. The number of fused-ring (bicyclic) bond motifs is 3. The van der Waals surface area contributed by atoms with Gasteiger partial charge in [-0.2, -0.15) is 0 Å². The summed E-state index contributed by atoms with van der Waals surface area (Å²) in [6.45, 7) is 8.28. The predicted molar refractivity (Wildman–Crippen MR) is 62.0 cm³/mol. The monoisotopic (exact) mass is 208 g/mol. The summed E-state index contributed by atoms with van der Waals surface area (Å²) in [6, 6.07) is 0. The van der Waals surface area contributed by atoms with E-state index < -0.39 is 0 Å². The quantitative estimate of drug-likeness (QED) is 0.403. The lowest BCUT2D eigenvalue weighted by Crippen LogP contribution is -2.47. The Hall–Kier alpha value is -0.830. The van der Waals surface area contributed by atoms with Crippen molar-refractivity contribution >= 4 is 5.71 Å². The van der Waals surface area contributed by atoms with Gasteiger partial charge < -0.3 is 4.84 Å². The number of hydrogen-bond acceptors (Lipinski definition) is 3. The van der Waals surface area contributed by atoms with E-state index in [0.29, 0.717) is 12.5 Å². The molecule has 3 rings (SSSR count). The number of nitrogens with zero attached hydrogens (tertiary/aromatic N) is 2. The topological polar surface area (TPSA) is 24.8 Å². The first-order valence-corrected chi connectivity index (χ1v) is 5.80. The summed E-state index contributed by atoms with van der Waals surface area (Å²) in [5, 5.41) is 4.27. The molecule has 0 atom stereocenters. The maximum Gasteiger partial charge on any atom is 0.135 e. The molecule has 0 spiro atoms. The third-order valence-corrected chi connectivity index (χ3v) is 3.19. The Labute approximate surface area is 91.8 Å². The zero-order valence-electron chi connectivity index (χ0n) is 9.70. The van der Waals surface area contributed by atoms with Crippen molar-refractivity contribution in [1.29, 1.82) is 0 Å². The molecule has 0 aromatic carbocycles. The standard InChI is InChI=1S/C12H20N2O/c1-10(2)5-8-15-13-12-9-14-6-3-11(12)4-7-14/h5,11H,3-4,6-9H2,1-2H3/b13-12+. The first kappa shape index (κ1) is 10.7. The number of hydrogen-bond donors (Lipinski definition) is 0. The molecular weight excluding hydrogens is 188 g/mol. The van der Waals surface area contributed by atoms with E-state index in [1.165, 1.54) is 37.2 Å². The Balaban J connectivity index is 1.83. The lowest BCUT2D eigenvalue weighted by molar-refractivity contribution is 0.151. The van der Waals surface area contributed by atoms with Crippen LogP contribution in [-0.2, 0) is 4.84 Å². The van der Waals surface area contributed by atoms with E-state index in [0.717, 1.165) is 6.54 Å². The molecule has 84 valence electrons. The van der Waals surface area contributed by atoms with E-state index in [1.807, 2.05) is 0 Å². The molecule has 3 heteroatoms. The van der Waals surface area contributed by atoms with Gasteiger partial charge in [-0.1, -0.05) is 10.7 Å². The molecule has 3 aliphatic rings. The summed E-state index contributed by atoms with van der Waals surface area (Å²) in [5.41, 5.74) is 2.54. The fourth-order valence-corrected chi connectivity index (χ4v) is 2.21. The molecular formula is C12H20N2O. The summed E-state index contributed by atoms with van der Waals surface area (Å²) in [6.07, 6.45) is 4.60. The normalized spacial score (nSPS) is 31.7. The maximum atomic E-state index is 5.32. The molecule has 2 bridgehead atoms. The van der Waals surface area contributed by atoms with Gasteiger partial charge in [-0.25, -0.2) is 0 Å². The minimum Gasteiger partial charge on any atom is -0.392 e. The Kier molecular flexibility index (Phi) is 3.41. The van der Waals surface area contributed by atoms with Crippen molar-refractivity contribution in [2.45, 2.75) is 26.7 Å². The van der Waals surface area contributed by atoms with Gasteiger partial charge in [0.05, 0.1) is 5.71 Å². The van der Waals surface area contributed by atoms with Crippen LogP contribution in [0.4, 0.5) is 0 Å². The zero-order valence-corrected chi connectivity index (χ0v) is 9.70. The number of oxime groups is 1. The van der Waals surface area contributed by atoms with Crippen LogP contribution in [-0.4, -0.2) is 36.9 Å². The number of rotatable bonds is 3. The number of piperidine rings is 3. The Morgan fingerprint density at radius 1 is 1.47 bits per heavy atom. The smallest absolute Gasteiger partial charge is 0.135 e. The van der Waals surface area contributed by atoms with Gasteiger partial charge in [-0.05, 0) is 45.9 Å². The van der Waals surface area contributed by atoms with E-state index >= 15 is 0 Å². The molecule has 0 amide bonds. The van der Waals surface area contributed by atoms with Crippen molar-refractivity contribution in [1.82, 2.24) is 4.90 Å². The molecule has 3 heterocycles. The molecule has 0 N–H and O–H groups in total. The van der Waals surface area contributed by atoms with Crippen molar-refractivity contribution < 1.29 is 4.84 Å². The van der Waals surface area contributed by atoms with Gasteiger partial charge in [-0.3, -0.25) is 4.90 Å². The third kappa shape index (κ3) is 2.81. The molecule has 0 unspecified atom stereocenters. The second-order valence-electron chi connectivity index (χ2n) is 4.71. The van der Waals surface area contributed by atoms with Crippen molar-refractivity contribution in [2.75, 3.05) is 26.2 Å². The molecule has 3 nitrogen and oxygen atoms in total. The molecule has 3 saturated heterocycles. The van der Waals surface area contributed by atoms with Crippen molar-refractivity contribution in [3.05, 3.63) is 11.6 Å². The summed E-state index contributed by atoms with van der Waals surface area (Å²) >= 11 is 0. The molecule has 0 aromatic rings. The van der Waals surface area contributed by atoms with Crippen LogP contribution in [0, 0.1) is 5.92 Å². The van der Waals surface area contributed by atoms with Crippen LogP contribution < -0.4 is 0 Å². The molecule has 0 aliphatic carbocycles. The largest absolute Gasteiger partial charge is 0.392 e. The van der Waals surface area contributed by atoms with E-state index in [9.17, 15) is 0 Å². The maximum absolute atomic E-state index is 5.32. The minimum atomic E-state index is 0.610. The van der Waals surface area contributed by atoms with Crippen LogP contribution in [0.3, 0.4) is 0 Å². The van der Waals surface area contributed by atoms with Crippen LogP contribution >= 0.6 is 0 Å². The Morgan fingerprint density at radius 3 is 2.73 bits per heavy atom. The van der Waals surface area contributed by atoms with E-state index in [-0.39, 0.29) is 0 Å². The summed E-state index contributed by atoms with van der Waals surface area (Å²) in [7, 11) is 0. The van der Waals surface area contributed by atoms with Gasteiger partial charge in [0.25, 0.3) is 0 Å². The van der Waals surface area contributed by atoms with Crippen LogP contribution in [0.25, 0.3) is 0 Å². The molecule has 0 radical (unpaired) electrons. The van der Waals surface area contributed by atoms with Crippen molar-refractivity contribution in [3.8, 4) is 0 Å². The molecule has 0 aromatic heterocycles. The highest BCUT2D eigenvalue weighted by atomic mass is 16.6. The predicted octanol–water partition coefficient (Wildman–Crippen LogP) is 2.05. The SMILES string of the molecule is CC(C)=CCO/N=C1\CN2CCC1CC2. The van der Waals surface area contributed by atoms with Crippen molar-refractivity contribution in [2.24, 2.45) is 11.1 Å². The third-order valence-electron chi connectivity index (χ3n) is 3.19. The van der Waals surface area contributed by atoms with Gasteiger partial charge in [0, 0.05) is 12.5 Å². The summed E-state index contributed by atoms with van der Waals surface area (Å²) < 4.78 is 0. The second kappa shape index (κ2) is 4.79. The van der Waals surface area contributed by atoms with E-state index in [1.54, 1.807) is 0 Å². The highest BCUT2D eigenvalue weighted by Crippen LogP contribution is 2.25. The van der Waals surface area contributed by atoms with Crippen LogP contribution in [0.5, 0.6) is 0 Å². The highest BCUT2D eigenvalue weighted by molar-refractivity contribution is 5.89. The average molecular weight is 208 g/mol. The molecule has 3 fully saturated rings. The van der Waals surface area contributed by atoms with Gasteiger partial charge >= 0.3 is 0 Å². The lowest BCUT2D eigenvalue weighted by Gasteiger charge is -2.39. The van der Waals surface area contributed by atoms with Crippen molar-refractivity contribution in [3.63, 3.8) is 0 Å².